The van der Waals surface area contributed by atoms with Crippen molar-refractivity contribution in [1.29, 1.82) is 0 Å². The van der Waals surface area contributed by atoms with Gasteiger partial charge in [-0.25, -0.2) is 0 Å². The Hall–Kier alpha value is -6.52. The Morgan fingerprint density at radius 1 is 0.440 bits per heavy atom. The Balaban J connectivity index is 1.30. The molecule has 3 nitrogen and oxygen atoms in total. The summed E-state index contributed by atoms with van der Waals surface area (Å²) in [5.41, 5.74) is 13.9. The smallest absolute Gasteiger partial charge is 0.333 e. The van der Waals surface area contributed by atoms with Gasteiger partial charge in [-0.2, -0.15) is 0 Å². The zero-order valence-corrected chi connectivity index (χ0v) is 27.1. The first kappa shape index (κ1) is 26.4. The Morgan fingerprint density at radius 3 is 2.02 bits per heavy atom. The number of para-hydroxylation sites is 3. The molecule has 4 heterocycles. The van der Waals surface area contributed by atoms with E-state index in [0.29, 0.717) is 0 Å². The van der Waals surface area contributed by atoms with Crippen molar-refractivity contribution < 1.29 is 0 Å². The first-order valence-corrected chi connectivity index (χ1v) is 17.4. The van der Waals surface area contributed by atoms with Crippen LogP contribution < -0.4 is 15.8 Å². The summed E-state index contributed by atoms with van der Waals surface area (Å²) in [4.78, 5) is 2.54. The number of nitrogens with zero attached hydrogens (tertiary/aromatic N) is 3. The summed E-state index contributed by atoms with van der Waals surface area (Å²) in [6, 6.07) is 60.7. The van der Waals surface area contributed by atoms with Gasteiger partial charge in [-0.15, -0.1) is 0 Å². The summed E-state index contributed by atoms with van der Waals surface area (Å²) in [6.07, 6.45) is 2.25. The summed E-state index contributed by atoms with van der Waals surface area (Å²) >= 11 is 0. The van der Waals surface area contributed by atoms with Gasteiger partial charge < -0.3 is 13.9 Å². The number of rotatable bonds is 2. The van der Waals surface area contributed by atoms with E-state index in [9.17, 15) is 0 Å². The third-order valence-electron chi connectivity index (χ3n) is 11.2. The first-order valence-electron chi connectivity index (χ1n) is 17.4. The lowest BCUT2D eigenvalue weighted by molar-refractivity contribution is 1.13. The lowest BCUT2D eigenvalue weighted by Gasteiger charge is -2.41. The van der Waals surface area contributed by atoms with Gasteiger partial charge in [-0.05, 0) is 86.6 Å². The van der Waals surface area contributed by atoms with Gasteiger partial charge in [0.05, 0.1) is 5.52 Å². The van der Waals surface area contributed by atoms with Crippen LogP contribution in [0, 0.1) is 0 Å². The van der Waals surface area contributed by atoms with Gasteiger partial charge in [0.1, 0.15) is 0 Å². The number of aromatic nitrogens is 2. The summed E-state index contributed by atoms with van der Waals surface area (Å²) in [5, 5.41) is 8.88. The largest absolute Gasteiger partial charge is 0.375 e. The second-order valence-electron chi connectivity index (χ2n) is 13.8. The molecule has 0 saturated carbocycles. The van der Waals surface area contributed by atoms with E-state index in [4.69, 9.17) is 0 Å². The minimum Gasteiger partial charge on any atom is -0.375 e. The fraction of sp³-hybridized carbons (Fsp3) is 0. The van der Waals surface area contributed by atoms with Crippen molar-refractivity contribution in [2.75, 3.05) is 4.90 Å². The average Bonchev–Trinajstić information content (AvgIpc) is 3.75. The summed E-state index contributed by atoms with van der Waals surface area (Å²) in [5.74, 6) is 0. The summed E-state index contributed by atoms with van der Waals surface area (Å²) < 4.78 is 5.01. The van der Waals surface area contributed by atoms with Crippen LogP contribution in [-0.4, -0.2) is 15.9 Å². The van der Waals surface area contributed by atoms with E-state index < -0.39 is 0 Å². The van der Waals surface area contributed by atoms with E-state index in [2.05, 4.69) is 184 Å². The first-order chi connectivity index (χ1) is 24.8. The molecule has 10 aromatic rings. The zero-order valence-electron chi connectivity index (χ0n) is 27.1. The topological polar surface area (TPSA) is 13.1 Å². The number of hydrogen-bond acceptors (Lipinski definition) is 1. The van der Waals surface area contributed by atoms with Gasteiger partial charge in [0.2, 0.25) is 0 Å². The molecule has 50 heavy (non-hydrogen) atoms. The molecule has 0 saturated heterocycles. The molecular formula is C46H28BN3. The van der Waals surface area contributed by atoms with E-state index >= 15 is 0 Å². The van der Waals surface area contributed by atoms with Crippen LogP contribution in [0.2, 0.25) is 0 Å². The normalized spacial score (nSPS) is 13.1. The molecule has 0 unspecified atom stereocenters. The molecule has 0 fully saturated rings. The van der Waals surface area contributed by atoms with Crippen LogP contribution in [0.3, 0.4) is 0 Å². The Labute approximate surface area is 288 Å². The predicted molar refractivity (Wildman–Crippen MR) is 212 cm³/mol. The summed E-state index contributed by atoms with van der Waals surface area (Å²) in [7, 11) is 0. The van der Waals surface area contributed by atoms with Gasteiger partial charge in [0.15, 0.2) is 0 Å². The van der Waals surface area contributed by atoms with Crippen LogP contribution >= 0.6 is 0 Å². The van der Waals surface area contributed by atoms with Crippen LogP contribution in [0.25, 0.3) is 71.1 Å². The van der Waals surface area contributed by atoms with E-state index in [1.807, 2.05) is 0 Å². The second kappa shape index (κ2) is 9.55. The molecule has 0 spiro atoms. The summed E-state index contributed by atoms with van der Waals surface area (Å²) in [6.45, 7) is -0.00177. The standard InChI is InChI=1S/C46H28BN3/c1-2-15-33(16-3-1)48-24-23-37-41(48)28-43-45-44(37)38-19-10-18-36-35-17-8-9-20-40(35)50(46(36)38)47(45)39-26-31-13-6-7-14-32(31)27-42(39)49(43)34-22-21-29-11-4-5-12-30(29)25-34/h1-28H. The molecule has 0 amide bonds. The molecule has 0 radical (unpaired) electrons. The fourth-order valence-electron chi connectivity index (χ4n) is 9.18. The molecule has 0 aliphatic carbocycles. The number of anilines is 3. The Bertz CT molecular complexity index is 3060. The molecule has 4 heteroatoms. The Kier molecular flexibility index (Phi) is 5.05. The van der Waals surface area contributed by atoms with Gasteiger partial charge in [-0.3, -0.25) is 0 Å². The molecule has 0 bridgehead atoms. The average molecular weight is 634 g/mol. The van der Waals surface area contributed by atoms with Crippen molar-refractivity contribution in [3.63, 3.8) is 0 Å². The number of hydrogen-bond donors (Lipinski definition) is 0. The van der Waals surface area contributed by atoms with Crippen LogP contribution in [0.5, 0.6) is 0 Å². The van der Waals surface area contributed by atoms with Gasteiger partial charge in [-0.1, -0.05) is 115 Å². The fourth-order valence-corrected chi connectivity index (χ4v) is 9.18. The highest BCUT2D eigenvalue weighted by atomic mass is 15.2. The van der Waals surface area contributed by atoms with Gasteiger partial charge >= 0.3 is 6.85 Å². The van der Waals surface area contributed by atoms with Crippen molar-refractivity contribution >= 4 is 89.1 Å². The second-order valence-corrected chi connectivity index (χ2v) is 13.8. The van der Waals surface area contributed by atoms with Crippen molar-refractivity contribution in [3.8, 4) is 16.8 Å². The van der Waals surface area contributed by atoms with Gasteiger partial charge in [0.25, 0.3) is 0 Å². The number of fused-ring (bicyclic) bond motifs is 11. The molecular weight excluding hydrogens is 605 g/mol. The Morgan fingerprint density at radius 2 is 1.16 bits per heavy atom. The molecule has 2 aliphatic rings. The highest BCUT2D eigenvalue weighted by Crippen LogP contribution is 2.48. The van der Waals surface area contributed by atoms with E-state index in [1.54, 1.807) is 0 Å². The minimum atomic E-state index is -0.00177. The monoisotopic (exact) mass is 633 g/mol. The SMILES string of the molecule is c1ccc(-n2ccc3c4c5c(cc32)N(c2ccc3ccccc3c2)c2cc3ccccc3cc2B5n2c3ccccc3c3cccc-4c32)cc1. The van der Waals surface area contributed by atoms with Crippen molar-refractivity contribution in [2.45, 2.75) is 0 Å². The molecule has 230 valence electrons. The highest BCUT2D eigenvalue weighted by molar-refractivity contribution is 6.90. The van der Waals surface area contributed by atoms with Gasteiger partial charge in [0, 0.05) is 61.7 Å². The lowest BCUT2D eigenvalue weighted by atomic mass is 9.44. The quantitative estimate of drug-likeness (QED) is 0.173. The predicted octanol–water partition coefficient (Wildman–Crippen LogP) is 10.5. The third kappa shape index (κ3) is 3.35. The molecule has 2 aliphatic heterocycles. The molecule has 12 rings (SSSR count). The highest BCUT2D eigenvalue weighted by Gasteiger charge is 2.43. The maximum absolute atomic E-state index is 2.65. The molecule has 8 aromatic carbocycles. The van der Waals surface area contributed by atoms with E-state index in [-0.39, 0.29) is 6.85 Å². The van der Waals surface area contributed by atoms with E-state index in [1.165, 1.54) is 93.4 Å². The van der Waals surface area contributed by atoms with Crippen molar-refractivity contribution in [1.82, 2.24) is 9.05 Å². The lowest BCUT2D eigenvalue weighted by Crippen LogP contribution is -2.56. The van der Waals surface area contributed by atoms with Crippen LogP contribution in [0.4, 0.5) is 17.1 Å². The third-order valence-corrected chi connectivity index (χ3v) is 11.2. The maximum Gasteiger partial charge on any atom is 0.333 e. The van der Waals surface area contributed by atoms with Crippen molar-refractivity contribution in [3.05, 3.63) is 170 Å². The number of benzene rings is 8. The maximum atomic E-state index is 2.65. The molecule has 2 aromatic heterocycles. The van der Waals surface area contributed by atoms with Crippen LogP contribution in [0.1, 0.15) is 0 Å². The minimum absolute atomic E-state index is 0.00177. The molecule has 0 atom stereocenters. The zero-order chi connectivity index (χ0) is 32.5. The van der Waals surface area contributed by atoms with Crippen LogP contribution in [-0.2, 0) is 0 Å². The van der Waals surface area contributed by atoms with E-state index in [0.717, 1.165) is 5.69 Å². The molecule has 0 N–H and O–H groups in total. The van der Waals surface area contributed by atoms with Crippen molar-refractivity contribution in [2.24, 2.45) is 0 Å². The van der Waals surface area contributed by atoms with Crippen LogP contribution in [0.15, 0.2) is 170 Å².